The van der Waals surface area contributed by atoms with E-state index in [4.69, 9.17) is 25.0 Å². The third-order valence-corrected chi connectivity index (χ3v) is 10.2. The quantitative estimate of drug-likeness (QED) is 0.331. The van der Waals surface area contributed by atoms with E-state index in [-0.39, 0.29) is 6.10 Å². The van der Waals surface area contributed by atoms with Gasteiger partial charge in [-0.15, -0.1) is 11.3 Å². The van der Waals surface area contributed by atoms with E-state index in [1.165, 1.54) is 11.3 Å². The number of likely N-dealkylation sites (tertiary alicyclic amines) is 1. The van der Waals surface area contributed by atoms with Crippen LogP contribution in [0.1, 0.15) is 72.8 Å². The Morgan fingerprint density at radius 1 is 1.20 bits per heavy atom. The number of nitrogens with zero attached hydrogens (tertiary/aromatic N) is 6. The second-order valence-corrected chi connectivity index (χ2v) is 12.7. The summed E-state index contributed by atoms with van der Waals surface area (Å²) in [6.45, 7) is 3.18. The monoisotopic (exact) mass is 567 g/mol. The number of pyridine rings is 1. The van der Waals surface area contributed by atoms with E-state index >= 15 is 0 Å². The van der Waals surface area contributed by atoms with Gasteiger partial charge >= 0.3 is 0 Å². The van der Waals surface area contributed by atoms with Crippen molar-refractivity contribution in [3.05, 3.63) is 57.8 Å². The van der Waals surface area contributed by atoms with Crippen molar-refractivity contribution in [3.63, 3.8) is 0 Å². The minimum absolute atomic E-state index is 0.0366. The molecule has 1 spiro atoms. The van der Waals surface area contributed by atoms with Gasteiger partial charge in [0.05, 0.1) is 22.4 Å². The van der Waals surface area contributed by atoms with Crippen LogP contribution in [0.4, 0.5) is 5.00 Å². The van der Waals surface area contributed by atoms with E-state index in [2.05, 4.69) is 35.1 Å². The highest BCUT2D eigenvalue weighted by Crippen LogP contribution is 2.55. The Morgan fingerprint density at radius 3 is 2.80 bits per heavy atom. The fraction of sp³-hybridized carbons (Fsp3) is 0.452. The number of likely N-dealkylation sites (N-methyl/N-ethyl adjacent to an activating group) is 1. The Kier molecular flexibility index (Phi) is 6.51. The number of nitrogen functional groups attached to an aromatic ring is 1. The van der Waals surface area contributed by atoms with Gasteiger partial charge in [-0.05, 0) is 89.6 Å². The SMILES string of the molecule is C[C@H](Oc1cc(-c2ccccn2)nc(-c2noc3c2CCC[C@@]32CCCc3sc(N)c(C#N)c32)n1)[C@@H]1CCCN1C. The first-order valence-electron chi connectivity index (χ1n) is 14.5. The van der Waals surface area contributed by atoms with Crippen molar-refractivity contribution in [2.24, 2.45) is 0 Å². The maximum absolute atomic E-state index is 10.0. The van der Waals surface area contributed by atoms with E-state index < -0.39 is 5.41 Å². The average molecular weight is 568 g/mol. The molecule has 210 valence electrons. The number of aryl methyl sites for hydroxylation is 1. The predicted molar refractivity (Wildman–Crippen MR) is 157 cm³/mol. The van der Waals surface area contributed by atoms with Gasteiger partial charge in [0.15, 0.2) is 17.3 Å². The van der Waals surface area contributed by atoms with Crippen molar-refractivity contribution in [2.45, 2.75) is 75.9 Å². The number of hydrogen-bond donors (Lipinski definition) is 1. The van der Waals surface area contributed by atoms with E-state index in [0.717, 1.165) is 74.1 Å². The summed E-state index contributed by atoms with van der Waals surface area (Å²) in [5.74, 6) is 1.81. The zero-order chi connectivity index (χ0) is 28.1. The molecule has 1 saturated heterocycles. The number of anilines is 1. The van der Waals surface area contributed by atoms with Crippen LogP contribution in [-0.4, -0.2) is 50.7 Å². The number of nitriles is 1. The number of fused-ring (bicyclic) bond motifs is 4. The Labute approximate surface area is 243 Å². The molecule has 0 radical (unpaired) electrons. The van der Waals surface area contributed by atoms with E-state index in [1.54, 1.807) is 17.5 Å². The van der Waals surface area contributed by atoms with Crippen LogP contribution in [0.25, 0.3) is 22.9 Å². The first kappa shape index (κ1) is 26.1. The normalized spacial score (nSPS) is 22.7. The summed E-state index contributed by atoms with van der Waals surface area (Å²) >= 11 is 1.55. The highest BCUT2D eigenvalue weighted by Gasteiger charge is 2.48. The summed E-state index contributed by atoms with van der Waals surface area (Å²) in [6, 6.07) is 10.4. The van der Waals surface area contributed by atoms with Crippen LogP contribution in [0.15, 0.2) is 35.0 Å². The molecule has 7 rings (SSSR count). The van der Waals surface area contributed by atoms with Gasteiger partial charge in [-0.3, -0.25) is 9.88 Å². The van der Waals surface area contributed by atoms with Crippen LogP contribution in [0.2, 0.25) is 0 Å². The molecule has 4 aromatic heterocycles. The maximum atomic E-state index is 10.0. The lowest BCUT2D eigenvalue weighted by molar-refractivity contribution is 0.117. The third kappa shape index (κ3) is 4.30. The molecule has 3 atom stereocenters. The largest absolute Gasteiger partial charge is 0.473 e. The first-order valence-corrected chi connectivity index (χ1v) is 15.3. The highest BCUT2D eigenvalue weighted by atomic mass is 32.1. The molecule has 9 nitrogen and oxygen atoms in total. The first-order chi connectivity index (χ1) is 20.0. The van der Waals surface area contributed by atoms with Crippen LogP contribution < -0.4 is 10.5 Å². The number of ether oxygens (including phenoxy) is 1. The average Bonchev–Trinajstić information content (AvgIpc) is 3.70. The van der Waals surface area contributed by atoms with Crippen LogP contribution in [0.5, 0.6) is 5.88 Å². The number of nitrogens with two attached hydrogens (primary N) is 1. The number of aromatic nitrogens is 4. The maximum Gasteiger partial charge on any atom is 0.217 e. The standard InChI is InChI=1S/C31H33N7O2S/c1-18(23-10-7-15-38(23)2)39-25-16-22(21-9-3-4-14-34-21)35-30(36-25)27-19-8-5-12-31(28(19)40-37-27)13-6-11-24-26(31)20(17-32)29(33)41-24/h3-4,9,14,16,18,23H,5-8,10-13,15,33H2,1-2H3/t18-,23-,31-/m0/s1. The van der Waals surface area contributed by atoms with Gasteiger partial charge in [0.25, 0.3) is 0 Å². The summed E-state index contributed by atoms with van der Waals surface area (Å²) in [6.07, 6.45) is 9.52. The van der Waals surface area contributed by atoms with Crippen molar-refractivity contribution >= 4 is 16.3 Å². The predicted octanol–water partition coefficient (Wildman–Crippen LogP) is 5.53. The van der Waals surface area contributed by atoms with Gasteiger partial charge in [-0.25, -0.2) is 4.98 Å². The Morgan fingerprint density at radius 2 is 2.05 bits per heavy atom. The van der Waals surface area contributed by atoms with Crippen molar-refractivity contribution in [1.82, 2.24) is 25.0 Å². The van der Waals surface area contributed by atoms with Gasteiger partial charge in [-0.2, -0.15) is 10.2 Å². The second-order valence-electron chi connectivity index (χ2n) is 11.5. The van der Waals surface area contributed by atoms with Gasteiger partial charge in [0.2, 0.25) is 5.88 Å². The van der Waals surface area contributed by atoms with Gasteiger partial charge in [0, 0.05) is 28.7 Å². The molecule has 0 bridgehead atoms. The lowest BCUT2D eigenvalue weighted by atomic mass is 9.63. The Bertz CT molecular complexity index is 1640. The third-order valence-electron chi connectivity index (χ3n) is 9.13. The van der Waals surface area contributed by atoms with Crippen LogP contribution in [-0.2, 0) is 18.3 Å². The summed E-state index contributed by atoms with van der Waals surface area (Å²) in [4.78, 5) is 17.9. The van der Waals surface area contributed by atoms with Gasteiger partial charge in [-0.1, -0.05) is 11.2 Å². The molecule has 3 aliphatic rings. The summed E-state index contributed by atoms with van der Waals surface area (Å²) in [7, 11) is 2.15. The van der Waals surface area contributed by atoms with E-state index in [1.807, 2.05) is 24.3 Å². The van der Waals surface area contributed by atoms with Gasteiger partial charge in [0.1, 0.15) is 17.2 Å². The second kappa shape index (κ2) is 10.2. The lowest BCUT2D eigenvalue weighted by Gasteiger charge is -2.39. The van der Waals surface area contributed by atoms with Crippen molar-refractivity contribution in [1.29, 1.82) is 5.26 Å². The molecule has 5 heterocycles. The molecule has 41 heavy (non-hydrogen) atoms. The van der Waals surface area contributed by atoms with Crippen molar-refractivity contribution < 1.29 is 9.26 Å². The zero-order valence-electron chi connectivity index (χ0n) is 23.4. The molecular weight excluding hydrogens is 534 g/mol. The molecule has 0 saturated carbocycles. The lowest BCUT2D eigenvalue weighted by Crippen LogP contribution is -2.38. The van der Waals surface area contributed by atoms with Crippen molar-refractivity contribution in [3.8, 4) is 34.9 Å². The van der Waals surface area contributed by atoms with Gasteiger partial charge < -0.3 is 15.0 Å². The molecule has 4 aromatic rings. The van der Waals surface area contributed by atoms with Crippen LogP contribution >= 0.6 is 11.3 Å². The minimum Gasteiger partial charge on any atom is -0.473 e. The number of thiophene rings is 1. The summed E-state index contributed by atoms with van der Waals surface area (Å²) < 4.78 is 12.7. The Hall–Kier alpha value is -3.81. The number of hydrogen-bond acceptors (Lipinski definition) is 10. The van der Waals surface area contributed by atoms with Crippen LogP contribution in [0, 0.1) is 11.3 Å². The smallest absolute Gasteiger partial charge is 0.217 e. The van der Waals surface area contributed by atoms with Crippen LogP contribution in [0.3, 0.4) is 0 Å². The molecule has 0 aromatic carbocycles. The Balaban J connectivity index is 1.33. The summed E-state index contributed by atoms with van der Waals surface area (Å²) in [5.41, 5.74) is 10.7. The van der Waals surface area contributed by atoms with E-state index in [0.29, 0.717) is 39.7 Å². The molecule has 0 unspecified atom stereocenters. The molecule has 0 amide bonds. The minimum atomic E-state index is -0.398. The van der Waals surface area contributed by atoms with E-state index in [9.17, 15) is 5.26 Å². The zero-order valence-corrected chi connectivity index (χ0v) is 24.2. The topological polar surface area (TPSA) is 127 Å². The molecule has 10 heteroatoms. The fourth-order valence-corrected chi connectivity index (χ4v) is 8.41. The number of rotatable bonds is 5. The molecule has 1 aliphatic heterocycles. The fourth-order valence-electron chi connectivity index (χ4n) is 7.25. The highest BCUT2D eigenvalue weighted by molar-refractivity contribution is 7.16. The molecule has 2 aliphatic carbocycles. The van der Waals surface area contributed by atoms with Crippen molar-refractivity contribution in [2.75, 3.05) is 19.3 Å². The molecular formula is C31H33N7O2S. The molecule has 2 N–H and O–H groups in total. The molecule has 1 fully saturated rings. The summed E-state index contributed by atoms with van der Waals surface area (Å²) in [5, 5.41) is 15.2.